The third-order valence-electron chi connectivity index (χ3n) is 3.14. The number of methoxy groups -OCH3 is 1. The van der Waals surface area contributed by atoms with Crippen LogP contribution in [0.25, 0.3) is 0 Å². The van der Waals surface area contributed by atoms with Gasteiger partial charge in [0.15, 0.2) is 5.75 Å². The Balaban J connectivity index is 2.08. The van der Waals surface area contributed by atoms with Gasteiger partial charge in [-0.1, -0.05) is 23.2 Å². The highest BCUT2D eigenvalue weighted by Crippen LogP contribution is 2.35. The molecule has 0 aliphatic carbocycles. The molecule has 1 atom stereocenters. The molecule has 0 aromatic heterocycles. The maximum absolute atomic E-state index is 12.1. The van der Waals surface area contributed by atoms with E-state index < -0.39 is 6.10 Å². The number of carbonyl (C=O) groups excluding carboxylic acids is 1. The van der Waals surface area contributed by atoms with Gasteiger partial charge >= 0.3 is 6.03 Å². The molecular weight excluding hydrogens is 303 g/mol. The van der Waals surface area contributed by atoms with E-state index in [2.05, 4.69) is 5.32 Å². The minimum atomic E-state index is -0.461. The third kappa shape index (κ3) is 3.48. The van der Waals surface area contributed by atoms with Crippen molar-refractivity contribution in [3.8, 4) is 5.75 Å². The number of aliphatic hydroxyl groups excluding tert-OH is 1. The van der Waals surface area contributed by atoms with Crippen molar-refractivity contribution < 1.29 is 14.6 Å². The summed E-state index contributed by atoms with van der Waals surface area (Å²) in [5.74, 6) is 0.375. The summed E-state index contributed by atoms with van der Waals surface area (Å²) >= 11 is 12.0. The molecule has 1 unspecified atom stereocenters. The highest BCUT2D eigenvalue weighted by atomic mass is 35.5. The molecule has 0 bridgehead atoms. The van der Waals surface area contributed by atoms with Gasteiger partial charge in [0.1, 0.15) is 0 Å². The van der Waals surface area contributed by atoms with Gasteiger partial charge < -0.3 is 20.1 Å². The summed E-state index contributed by atoms with van der Waals surface area (Å²) in [5.41, 5.74) is 0.492. The predicted molar refractivity (Wildman–Crippen MR) is 78.8 cm³/mol. The highest BCUT2D eigenvalue weighted by molar-refractivity contribution is 6.37. The van der Waals surface area contributed by atoms with Crippen LogP contribution in [0.15, 0.2) is 12.1 Å². The zero-order valence-electron chi connectivity index (χ0n) is 11.0. The maximum atomic E-state index is 12.1. The van der Waals surface area contributed by atoms with Crippen molar-refractivity contribution in [2.24, 2.45) is 0 Å². The maximum Gasteiger partial charge on any atom is 0.321 e. The van der Waals surface area contributed by atoms with Gasteiger partial charge in [-0.2, -0.15) is 0 Å². The van der Waals surface area contributed by atoms with Crippen molar-refractivity contribution in [2.75, 3.05) is 25.5 Å². The Kier molecular flexibility index (Phi) is 4.96. The number of nitrogens with one attached hydrogen (secondary N) is 1. The number of hydrogen-bond acceptors (Lipinski definition) is 3. The second kappa shape index (κ2) is 6.52. The quantitative estimate of drug-likeness (QED) is 0.881. The Morgan fingerprint density at radius 2 is 2.10 bits per heavy atom. The molecule has 110 valence electrons. The number of anilines is 1. The summed E-state index contributed by atoms with van der Waals surface area (Å²) in [5, 5.41) is 12.9. The minimum Gasteiger partial charge on any atom is -0.494 e. The molecule has 1 aliphatic rings. The molecule has 1 fully saturated rings. The first-order chi connectivity index (χ1) is 9.51. The number of hydrogen-bond donors (Lipinski definition) is 2. The zero-order valence-corrected chi connectivity index (χ0v) is 12.5. The number of urea groups is 1. The van der Waals surface area contributed by atoms with Crippen LogP contribution in [0.3, 0.4) is 0 Å². The monoisotopic (exact) mass is 318 g/mol. The van der Waals surface area contributed by atoms with Gasteiger partial charge in [0, 0.05) is 18.8 Å². The van der Waals surface area contributed by atoms with Crippen molar-refractivity contribution in [1.82, 2.24) is 4.90 Å². The first-order valence-electron chi connectivity index (χ1n) is 6.28. The lowest BCUT2D eigenvalue weighted by Gasteiger charge is -2.30. The van der Waals surface area contributed by atoms with Gasteiger partial charge in [-0.25, -0.2) is 4.79 Å². The number of piperidine rings is 1. The number of rotatable bonds is 2. The second-order valence-electron chi connectivity index (χ2n) is 4.65. The zero-order chi connectivity index (χ0) is 14.7. The molecule has 2 N–H and O–H groups in total. The molecule has 1 saturated heterocycles. The first kappa shape index (κ1) is 15.2. The molecule has 0 saturated carbocycles. The molecule has 1 aromatic rings. The van der Waals surface area contributed by atoms with Gasteiger partial charge in [-0.3, -0.25) is 0 Å². The Hall–Kier alpha value is -1.17. The molecule has 1 aromatic carbocycles. The smallest absolute Gasteiger partial charge is 0.321 e. The Morgan fingerprint density at radius 1 is 1.45 bits per heavy atom. The van der Waals surface area contributed by atoms with Crippen LogP contribution in [0.1, 0.15) is 12.8 Å². The van der Waals surface area contributed by atoms with Crippen LogP contribution in [0, 0.1) is 0 Å². The lowest BCUT2D eigenvalue weighted by Crippen LogP contribution is -2.44. The normalized spacial score (nSPS) is 18.8. The topological polar surface area (TPSA) is 61.8 Å². The summed E-state index contributed by atoms with van der Waals surface area (Å²) in [6.45, 7) is 0.962. The number of benzene rings is 1. The van der Waals surface area contributed by atoms with Crippen LogP contribution in [-0.2, 0) is 0 Å². The summed E-state index contributed by atoms with van der Waals surface area (Å²) in [6.07, 6.45) is 1.06. The number of carbonyl (C=O) groups is 1. The van der Waals surface area contributed by atoms with Gasteiger partial charge in [-0.05, 0) is 25.0 Å². The lowest BCUT2D eigenvalue weighted by molar-refractivity contribution is 0.0883. The molecule has 0 spiro atoms. The average Bonchev–Trinajstić information content (AvgIpc) is 2.38. The molecule has 20 heavy (non-hydrogen) atoms. The molecule has 7 heteroatoms. The highest BCUT2D eigenvalue weighted by Gasteiger charge is 2.22. The van der Waals surface area contributed by atoms with Crippen molar-refractivity contribution >= 4 is 34.9 Å². The van der Waals surface area contributed by atoms with Gasteiger partial charge in [0.05, 0.1) is 23.3 Å². The van der Waals surface area contributed by atoms with Crippen LogP contribution in [-0.4, -0.2) is 42.3 Å². The minimum absolute atomic E-state index is 0.277. The summed E-state index contributed by atoms with van der Waals surface area (Å²) in [4.78, 5) is 13.6. The molecule has 1 heterocycles. The number of aliphatic hydroxyl groups is 1. The van der Waals surface area contributed by atoms with Crippen molar-refractivity contribution in [3.63, 3.8) is 0 Å². The van der Waals surface area contributed by atoms with Crippen molar-refractivity contribution in [2.45, 2.75) is 18.9 Å². The van der Waals surface area contributed by atoms with Crippen LogP contribution < -0.4 is 10.1 Å². The van der Waals surface area contributed by atoms with E-state index in [9.17, 15) is 9.90 Å². The van der Waals surface area contributed by atoms with Gasteiger partial charge in [0.2, 0.25) is 0 Å². The number of halogens is 2. The molecule has 5 nitrogen and oxygen atoms in total. The Bertz CT molecular complexity index is 487. The fraction of sp³-hybridized carbons (Fsp3) is 0.462. The van der Waals surface area contributed by atoms with Gasteiger partial charge in [-0.15, -0.1) is 0 Å². The molecule has 1 aliphatic heterocycles. The van der Waals surface area contributed by atoms with Crippen molar-refractivity contribution in [3.05, 3.63) is 22.2 Å². The SMILES string of the molecule is COc1c(Cl)cc(NC(=O)N2CCCC(O)C2)cc1Cl. The molecule has 2 rings (SSSR count). The lowest BCUT2D eigenvalue weighted by atomic mass is 10.1. The van der Waals surface area contributed by atoms with E-state index in [-0.39, 0.29) is 6.03 Å². The van der Waals surface area contributed by atoms with E-state index in [1.807, 2.05) is 0 Å². The van der Waals surface area contributed by atoms with Crippen LogP contribution in [0.2, 0.25) is 10.0 Å². The number of likely N-dealkylation sites (tertiary alicyclic amines) is 1. The summed E-state index contributed by atoms with van der Waals surface area (Å²) in [7, 11) is 1.47. The predicted octanol–water partition coefficient (Wildman–Crippen LogP) is 2.99. The van der Waals surface area contributed by atoms with E-state index in [0.717, 1.165) is 12.8 Å². The van der Waals surface area contributed by atoms with E-state index in [1.54, 1.807) is 17.0 Å². The fourth-order valence-corrected chi connectivity index (χ4v) is 2.81. The third-order valence-corrected chi connectivity index (χ3v) is 3.70. The van der Waals surface area contributed by atoms with E-state index in [4.69, 9.17) is 27.9 Å². The molecular formula is C13H16Cl2N2O3. The Morgan fingerprint density at radius 3 is 2.65 bits per heavy atom. The number of amides is 2. The summed E-state index contributed by atoms with van der Waals surface area (Å²) in [6, 6.07) is 2.87. The fourth-order valence-electron chi connectivity index (χ4n) is 2.17. The van der Waals surface area contributed by atoms with E-state index in [1.165, 1.54) is 7.11 Å². The van der Waals surface area contributed by atoms with Crippen LogP contribution in [0.4, 0.5) is 10.5 Å². The Labute approximate surface area is 127 Å². The molecule has 2 amide bonds. The number of ether oxygens (including phenoxy) is 1. The van der Waals surface area contributed by atoms with Gasteiger partial charge in [0.25, 0.3) is 0 Å². The van der Waals surface area contributed by atoms with Crippen LogP contribution in [0.5, 0.6) is 5.75 Å². The van der Waals surface area contributed by atoms with Crippen molar-refractivity contribution in [1.29, 1.82) is 0 Å². The second-order valence-corrected chi connectivity index (χ2v) is 5.46. The number of nitrogens with zero attached hydrogens (tertiary/aromatic N) is 1. The largest absolute Gasteiger partial charge is 0.494 e. The standard InChI is InChI=1S/C13H16Cl2N2O3/c1-20-12-10(14)5-8(6-11(12)15)16-13(19)17-4-2-3-9(18)7-17/h5-6,9,18H,2-4,7H2,1H3,(H,16,19). The average molecular weight is 319 g/mol. The number of β-amino-alcohol motifs (C(OH)–C–C–N with tert-alkyl or cyclic N) is 1. The first-order valence-corrected chi connectivity index (χ1v) is 7.04. The van der Waals surface area contributed by atoms with E-state index >= 15 is 0 Å². The molecule has 0 radical (unpaired) electrons. The summed E-state index contributed by atoms with van der Waals surface area (Å²) < 4.78 is 5.05. The van der Waals surface area contributed by atoms with Crippen LogP contribution >= 0.6 is 23.2 Å². The van der Waals surface area contributed by atoms with E-state index in [0.29, 0.717) is 34.6 Å².